The summed E-state index contributed by atoms with van der Waals surface area (Å²) in [6.45, 7) is 4.29. The van der Waals surface area contributed by atoms with Gasteiger partial charge in [-0.2, -0.15) is 0 Å². The lowest BCUT2D eigenvalue weighted by atomic mass is 9.72. The first-order valence-corrected chi connectivity index (χ1v) is 11.1. The number of imidazole rings is 1. The van der Waals surface area contributed by atoms with Crippen LogP contribution in [0.5, 0.6) is 0 Å². The van der Waals surface area contributed by atoms with Crippen molar-refractivity contribution < 1.29 is 4.79 Å². The second kappa shape index (κ2) is 8.09. The van der Waals surface area contributed by atoms with Gasteiger partial charge in [-0.1, -0.05) is 23.7 Å². The van der Waals surface area contributed by atoms with Crippen LogP contribution in [0.1, 0.15) is 12.8 Å². The number of likely N-dealkylation sites (tertiary alicyclic amines) is 2. The molecule has 0 aliphatic carbocycles. The second-order valence-electron chi connectivity index (χ2n) is 8.87. The Labute approximate surface area is 187 Å². The van der Waals surface area contributed by atoms with E-state index in [1.165, 1.54) is 0 Å². The maximum atomic E-state index is 13.2. The van der Waals surface area contributed by atoms with E-state index in [0.29, 0.717) is 10.4 Å². The lowest BCUT2D eigenvalue weighted by Crippen LogP contribution is -2.59. The Morgan fingerprint density at radius 2 is 1.71 bits per heavy atom. The minimum atomic E-state index is 0.151. The molecule has 0 saturated carbocycles. The van der Waals surface area contributed by atoms with Gasteiger partial charge in [0.05, 0.1) is 17.7 Å². The zero-order valence-corrected chi connectivity index (χ0v) is 18.4. The molecule has 6 nitrogen and oxygen atoms in total. The molecule has 2 saturated heterocycles. The molecule has 2 fully saturated rings. The summed E-state index contributed by atoms with van der Waals surface area (Å²) in [6, 6.07) is 11.5. The molecule has 2 aromatic heterocycles. The fourth-order valence-electron chi connectivity index (χ4n) is 5.02. The predicted octanol–water partition coefficient (Wildman–Crippen LogP) is 3.82. The fraction of sp³-hybridized carbons (Fsp3) is 0.375. The number of hydrogen-bond acceptors (Lipinski definition) is 4. The highest BCUT2D eigenvalue weighted by molar-refractivity contribution is 6.30. The molecule has 1 spiro atoms. The Hall–Kier alpha value is -2.70. The van der Waals surface area contributed by atoms with Crippen LogP contribution in [-0.4, -0.2) is 63.5 Å². The zero-order chi connectivity index (χ0) is 21.4. The highest BCUT2D eigenvalue weighted by Crippen LogP contribution is 2.39. The number of aromatic nitrogens is 3. The molecular formula is C24H26ClN5O. The smallest absolute Gasteiger partial charge is 0.242 e. The van der Waals surface area contributed by atoms with E-state index in [1.807, 2.05) is 45.9 Å². The maximum absolute atomic E-state index is 13.2. The summed E-state index contributed by atoms with van der Waals surface area (Å²) in [5.74, 6) is 0.151. The van der Waals surface area contributed by atoms with Crippen LogP contribution in [0.15, 0.2) is 55.1 Å². The van der Waals surface area contributed by atoms with Crippen molar-refractivity contribution in [2.24, 2.45) is 5.41 Å². The number of hydrogen-bond donors (Lipinski definition) is 0. The number of amides is 1. The molecule has 2 aliphatic rings. The summed E-state index contributed by atoms with van der Waals surface area (Å²) in [5, 5.41) is 0.685. The molecule has 160 valence electrons. The summed E-state index contributed by atoms with van der Waals surface area (Å²) in [4.78, 5) is 26.3. The zero-order valence-electron chi connectivity index (χ0n) is 17.7. The Morgan fingerprint density at radius 1 is 1.03 bits per heavy atom. The molecule has 1 amide bonds. The molecule has 2 aliphatic heterocycles. The van der Waals surface area contributed by atoms with Gasteiger partial charge in [0.15, 0.2) is 0 Å². The summed E-state index contributed by atoms with van der Waals surface area (Å²) in [7, 11) is 2.17. The predicted molar refractivity (Wildman–Crippen MR) is 122 cm³/mol. The number of benzene rings is 1. The average molecular weight is 436 g/mol. The Morgan fingerprint density at radius 3 is 2.35 bits per heavy atom. The normalized spacial score (nSPS) is 18.2. The van der Waals surface area contributed by atoms with E-state index < -0.39 is 0 Å². The minimum Gasteiger partial charge on any atom is -0.341 e. The molecule has 4 heterocycles. The van der Waals surface area contributed by atoms with Gasteiger partial charge in [-0.3, -0.25) is 9.78 Å². The Kier molecular flexibility index (Phi) is 5.28. The third kappa shape index (κ3) is 3.98. The summed E-state index contributed by atoms with van der Waals surface area (Å²) in [6.07, 6.45) is 7.49. The van der Waals surface area contributed by atoms with E-state index in [2.05, 4.69) is 21.9 Å². The fourth-order valence-corrected chi connectivity index (χ4v) is 5.15. The quantitative estimate of drug-likeness (QED) is 0.625. The summed E-state index contributed by atoms with van der Waals surface area (Å²) < 4.78 is 1.96. The van der Waals surface area contributed by atoms with Gasteiger partial charge >= 0.3 is 0 Å². The van der Waals surface area contributed by atoms with Crippen LogP contribution >= 0.6 is 11.6 Å². The molecule has 7 heteroatoms. The highest BCUT2D eigenvalue weighted by Gasteiger charge is 2.43. The largest absolute Gasteiger partial charge is 0.341 e. The van der Waals surface area contributed by atoms with Gasteiger partial charge < -0.3 is 14.4 Å². The van der Waals surface area contributed by atoms with E-state index in [1.54, 1.807) is 18.7 Å². The van der Waals surface area contributed by atoms with Crippen LogP contribution in [0, 0.1) is 5.41 Å². The van der Waals surface area contributed by atoms with E-state index in [9.17, 15) is 4.79 Å². The van der Waals surface area contributed by atoms with Crippen molar-refractivity contribution in [2.45, 2.75) is 19.4 Å². The van der Waals surface area contributed by atoms with Crippen LogP contribution in [0.3, 0.4) is 0 Å². The Balaban J connectivity index is 1.39. The van der Waals surface area contributed by atoms with Crippen molar-refractivity contribution in [3.8, 4) is 22.5 Å². The second-order valence-corrected chi connectivity index (χ2v) is 9.30. The van der Waals surface area contributed by atoms with Crippen molar-refractivity contribution >= 4 is 17.5 Å². The van der Waals surface area contributed by atoms with Crippen molar-refractivity contribution in [3.05, 3.63) is 60.1 Å². The summed E-state index contributed by atoms with van der Waals surface area (Å²) >= 11 is 6.07. The third-order valence-corrected chi connectivity index (χ3v) is 6.85. The molecule has 0 radical (unpaired) electrons. The lowest BCUT2D eigenvalue weighted by molar-refractivity contribution is -0.136. The SMILES string of the molecule is CN1CC2(CCN(C(=O)Cn3cnc(-c4ccc(Cl)cc4)c3-c3ccncc3)CC2)C1. The number of rotatable bonds is 4. The summed E-state index contributed by atoms with van der Waals surface area (Å²) in [5.41, 5.74) is 4.15. The average Bonchev–Trinajstić information content (AvgIpc) is 3.18. The van der Waals surface area contributed by atoms with Crippen LogP contribution in [0.2, 0.25) is 5.02 Å². The monoisotopic (exact) mass is 435 g/mol. The van der Waals surface area contributed by atoms with Gasteiger partial charge in [0.25, 0.3) is 0 Å². The van der Waals surface area contributed by atoms with E-state index in [-0.39, 0.29) is 12.5 Å². The number of nitrogens with zero attached hydrogens (tertiary/aromatic N) is 5. The number of pyridine rings is 1. The van der Waals surface area contributed by atoms with Gasteiger partial charge in [0.1, 0.15) is 6.54 Å². The van der Waals surface area contributed by atoms with Gasteiger partial charge in [0, 0.05) is 54.7 Å². The molecule has 1 aromatic carbocycles. The number of halogens is 1. The number of carbonyl (C=O) groups is 1. The van der Waals surface area contributed by atoms with E-state index in [4.69, 9.17) is 11.6 Å². The molecule has 31 heavy (non-hydrogen) atoms. The lowest BCUT2D eigenvalue weighted by Gasteiger charge is -2.52. The molecule has 3 aromatic rings. The first-order valence-electron chi connectivity index (χ1n) is 10.7. The topological polar surface area (TPSA) is 54.3 Å². The van der Waals surface area contributed by atoms with Crippen LogP contribution in [0.4, 0.5) is 0 Å². The van der Waals surface area contributed by atoms with Crippen LogP contribution in [-0.2, 0) is 11.3 Å². The number of piperidine rings is 1. The first-order chi connectivity index (χ1) is 15.0. The third-order valence-electron chi connectivity index (χ3n) is 6.60. The van der Waals surface area contributed by atoms with Gasteiger partial charge in [0.2, 0.25) is 5.91 Å². The molecule has 0 atom stereocenters. The maximum Gasteiger partial charge on any atom is 0.242 e. The van der Waals surface area contributed by atoms with Crippen molar-refractivity contribution in [3.63, 3.8) is 0 Å². The van der Waals surface area contributed by atoms with Crippen molar-refractivity contribution in [1.29, 1.82) is 0 Å². The van der Waals surface area contributed by atoms with Crippen LogP contribution in [0.25, 0.3) is 22.5 Å². The van der Waals surface area contributed by atoms with E-state index in [0.717, 1.165) is 61.5 Å². The molecule has 0 unspecified atom stereocenters. The minimum absolute atomic E-state index is 0.151. The van der Waals surface area contributed by atoms with Crippen LogP contribution < -0.4 is 0 Å². The Bertz CT molecular complexity index is 1060. The first kappa shape index (κ1) is 20.2. The standard InChI is InChI=1S/C24H26ClN5O/c1-28-15-24(16-28)8-12-29(13-9-24)21(31)14-30-17-27-22(18-2-4-20(25)5-3-18)23(30)19-6-10-26-11-7-19/h2-7,10-11,17H,8-9,12-16H2,1H3. The van der Waals surface area contributed by atoms with E-state index >= 15 is 0 Å². The van der Waals surface area contributed by atoms with Crippen molar-refractivity contribution in [2.75, 3.05) is 33.2 Å². The highest BCUT2D eigenvalue weighted by atomic mass is 35.5. The number of carbonyl (C=O) groups excluding carboxylic acids is 1. The van der Waals surface area contributed by atoms with Crippen molar-refractivity contribution in [1.82, 2.24) is 24.3 Å². The molecule has 0 N–H and O–H groups in total. The van der Waals surface area contributed by atoms with Gasteiger partial charge in [-0.05, 0) is 49.6 Å². The van der Waals surface area contributed by atoms with Gasteiger partial charge in [-0.25, -0.2) is 4.98 Å². The van der Waals surface area contributed by atoms with Gasteiger partial charge in [-0.15, -0.1) is 0 Å². The molecular weight excluding hydrogens is 410 g/mol. The molecule has 0 bridgehead atoms. The molecule has 5 rings (SSSR count).